The third-order valence-corrected chi connectivity index (χ3v) is 7.08. The lowest BCUT2D eigenvalue weighted by atomic mass is 10.1. The van der Waals surface area contributed by atoms with E-state index in [4.69, 9.17) is 9.47 Å². The monoisotopic (exact) mass is 456 g/mol. The number of aromatic nitrogens is 2. The van der Waals surface area contributed by atoms with Crippen molar-refractivity contribution in [1.82, 2.24) is 15.1 Å². The number of benzene rings is 2. The summed E-state index contributed by atoms with van der Waals surface area (Å²) >= 11 is 2.90. The summed E-state index contributed by atoms with van der Waals surface area (Å²) in [6.45, 7) is 3.03. The number of carbonyl (C=O) groups is 1. The highest BCUT2D eigenvalue weighted by Gasteiger charge is 2.29. The van der Waals surface area contributed by atoms with E-state index in [-0.39, 0.29) is 11.2 Å². The van der Waals surface area contributed by atoms with Crippen LogP contribution in [0.4, 0.5) is 5.13 Å². The van der Waals surface area contributed by atoms with Crippen LogP contribution in [0.15, 0.2) is 58.9 Å². The van der Waals surface area contributed by atoms with Gasteiger partial charge in [0.1, 0.15) is 11.0 Å². The Morgan fingerprint density at radius 3 is 2.61 bits per heavy atom. The molecule has 31 heavy (non-hydrogen) atoms. The Hall–Kier alpha value is -2.62. The van der Waals surface area contributed by atoms with Crippen molar-refractivity contribution in [3.63, 3.8) is 0 Å². The summed E-state index contributed by atoms with van der Waals surface area (Å²) in [7, 11) is 1.65. The van der Waals surface area contributed by atoms with Crippen LogP contribution >= 0.6 is 23.1 Å². The summed E-state index contributed by atoms with van der Waals surface area (Å²) in [5, 5.41) is 12.2. The maximum atomic E-state index is 13.3. The molecule has 0 bridgehead atoms. The van der Waals surface area contributed by atoms with Gasteiger partial charge in [0.15, 0.2) is 4.34 Å². The number of ether oxygens (including phenoxy) is 2. The Morgan fingerprint density at radius 2 is 1.90 bits per heavy atom. The van der Waals surface area contributed by atoms with Crippen LogP contribution in [-0.4, -0.2) is 54.4 Å². The fourth-order valence-corrected chi connectivity index (χ4v) is 5.21. The fourth-order valence-electron chi connectivity index (χ4n) is 3.19. The summed E-state index contributed by atoms with van der Waals surface area (Å²) in [4.78, 5) is 15.1. The number of nitrogens with one attached hydrogen (secondary N) is 1. The molecule has 0 saturated carbocycles. The van der Waals surface area contributed by atoms with Gasteiger partial charge < -0.3 is 19.7 Å². The van der Waals surface area contributed by atoms with E-state index in [0.717, 1.165) is 26.3 Å². The van der Waals surface area contributed by atoms with Gasteiger partial charge in [0, 0.05) is 19.6 Å². The van der Waals surface area contributed by atoms with Crippen molar-refractivity contribution in [2.75, 3.05) is 38.7 Å². The molecule has 162 valence electrons. The van der Waals surface area contributed by atoms with Crippen LogP contribution in [0.2, 0.25) is 0 Å². The zero-order chi connectivity index (χ0) is 21.5. The highest BCUT2D eigenvalue weighted by Crippen LogP contribution is 2.39. The minimum absolute atomic E-state index is 0.0856. The van der Waals surface area contributed by atoms with Gasteiger partial charge in [0.05, 0.1) is 20.3 Å². The quantitative estimate of drug-likeness (QED) is 0.516. The van der Waals surface area contributed by atoms with E-state index in [0.29, 0.717) is 32.8 Å². The second kappa shape index (κ2) is 10.6. The molecule has 0 radical (unpaired) electrons. The molecule has 1 atom stereocenters. The summed E-state index contributed by atoms with van der Waals surface area (Å²) < 4.78 is 11.3. The van der Waals surface area contributed by atoms with Gasteiger partial charge in [0.25, 0.3) is 0 Å². The number of rotatable bonds is 8. The van der Waals surface area contributed by atoms with E-state index in [1.54, 1.807) is 7.11 Å². The molecule has 1 fully saturated rings. The third kappa shape index (κ3) is 5.75. The molecule has 4 rings (SSSR count). The van der Waals surface area contributed by atoms with Gasteiger partial charge in [-0.25, -0.2) is 0 Å². The lowest BCUT2D eigenvalue weighted by molar-refractivity contribution is -0.134. The van der Waals surface area contributed by atoms with Crippen LogP contribution in [0, 0.1) is 0 Å². The number of hydrogen-bond donors (Lipinski definition) is 1. The SMILES string of the molecule is COc1ccc(CNc2nnc(S[C@@H](C(=O)N3CCOCC3)c3ccccc3)s2)cc1. The normalized spacial score (nSPS) is 14.8. The molecule has 2 heterocycles. The second-order valence-corrected chi connectivity index (χ2v) is 9.25. The summed E-state index contributed by atoms with van der Waals surface area (Å²) in [6.07, 6.45) is 0. The first kappa shape index (κ1) is 21.6. The van der Waals surface area contributed by atoms with E-state index in [9.17, 15) is 4.79 Å². The Bertz CT molecular complexity index is 976. The van der Waals surface area contributed by atoms with Gasteiger partial charge in [-0.3, -0.25) is 4.79 Å². The number of nitrogens with zero attached hydrogens (tertiary/aromatic N) is 3. The summed E-state index contributed by atoms with van der Waals surface area (Å²) in [5.74, 6) is 0.915. The van der Waals surface area contributed by atoms with Crippen LogP contribution in [0.1, 0.15) is 16.4 Å². The Morgan fingerprint density at radius 1 is 1.16 bits per heavy atom. The number of anilines is 1. The molecule has 3 aromatic rings. The molecule has 7 nitrogen and oxygen atoms in total. The number of amides is 1. The van der Waals surface area contributed by atoms with Gasteiger partial charge in [-0.05, 0) is 23.3 Å². The Labute approximate surface area is 189 Å². The molecular formula is C22H24N4O3S2. The van der Waals surface area contributed by atoms with Crippen molar-refractivity contribution in [3.8, 4) is 5.75 Å². The number of thioether (sulfide) groups is 1. The first-order chi connectivity index (χ1) is 15.2. The predicted molar refractivity (Wildman–Crippen MR) is 123 cm³/mol. The van der Waals surface area contributed by atoms with E-state index in [1.165, 1.54) is 23.1 Å². The first-order valence-electron chi connectivity index (χ1n) is 10.0. The standard InChI is InChI=1S/C22H24N4O3S2/c1-28-18-9-7-16(8-10-18)15-23-21-24-25-22(31-21)30-19(17-5-3-2-4-6-17)20(27)26-11-13-29-14-12-26/h2-10,19H,11-15H2,1H3,(H,23,24)/t19-/m1/s1. The maximum Gasteiger partial charge on any atom is 0.240 e. The van der Waals surface area contributed by atoms with Crippen molar-refractivity contribution in [2.24, 2.45) is 0 Å². The molecular weight excluding hydrogens is 432 g/mol. The topological polar surface area (TPSA) is 76.6 Å². The largest absolute Gasteiger partial charge is 0.497 e. The third-order valence-electron chi connectivity index (χ3n) is 4.88. The number of morpholine rings is 1. The zero-order valence-electron chi connectivity index (χ0n) is 17.2. The number of methoxy groups -OCH3 is 1. The van der Waals surface area contributed by atoms with Crippen LogP contribution in [-0.2, 0) is 16.1 Å². The van der Waals surface area contributed by atoms with Crippen LogP contribution in [0.5, 0.6) is 5.75 Å². The molecule has 0 spiro atoms. The van der Waals surface area contributed by atoms with E-state index >= 15 is 0 Å². The number of hydrogen-bond acceptors (Lipinski definition) is 8. The van der Waals surface area contributed by atoms with Crippen molar-refractivity contribution in [3.05, 3.63) is 65.7 Å². The lowest BCUT2D eigenvalue weighted by Gasteiger charge is -2.30. The van der Waals surface area contributed by atoms with Crippen LogP contribution in [0.3, 0.4) is 0 Å². The number of carbonyl (C=O) groups excluding carboxylic acids is 1. The minimum atomic E-state index is -0.360. The molecule has 1 N–H and O–H groups in total. The van der Waals surface area contributed by atoms with Crippen LogP contribution < -0.4 is 10.1 Å². The van der Waals surface area contributed by atoms with E-state index in [1.807, 2.05) is 59.5 Å². The minimum Gasteiger partial charge on any atom is -0.497 e. The van der Waals surface area contributed by atoms with Crippen LogP contribution in [0.25, 0.3) is 0 Å². The average molecular weight is 457 g/mol. The summed E-state index contributed by atoms with van der Waals surface area (Å²) in [5.41, 5.74) is 2.08. The van der Waals surface area contributed by atoms with Gasteiger partial charge in [-0.15, -0.1) is 10.2 Å². The Kier molecular flexibility index (Phi) is 7.39. The Balaban J connectivity index is 1.43. The predicted octanol–water partition coefficient (Wildman–Crippen LogP) is 3.85. The van der Waals surface area contributed by atoms with Crippen molar-refractivity contribution < 1.29 is 14.3 Å². The van der Waals surface area contributed by atoms with E-state index in [2.05, 4.69) is 15.5 Å². The molecule has 1 amide bonds. The molecule has 9 heteroatoms. The first-order valence-corrected chi connectivity index (χ1v) is 11.7. The molecule has 1 saturated heterocycles. The highest BCUT2D eigenvalue weighted by molar-refractivity contribution is 8.01. The lowest BCUT2D eigenvalue weighted by Crippen LogP contribution is -2.42. The van der Waals surface area contributed by atoms with Gasteiger partial charge in [-0.2, -0.15) is 0 Å². The molecule has 0 unspecified atom stereocenters. The van der Waals surface area contributed by atoms with Crippen molar-refractivity contribution >= 4 is 34.1 Å². The molecule has 1 aliphatic heterocycles. The molecule has 0 aliphatic carbocycles. The highest BCUT2D eigenvalue weighted by atomic mass is 32.2. The van der Waals surface area contributed by atoms with E-state index < -0.39 is 0 Å². The zero-order valence-corrected chi connectivity index (χ0v) is 18.8. The maximum absolute atomic E-state index is 13.3. The van der Waals surface area contributed by atoms with Gasteiger partial charge in [0.2, 0.25) is 11.0 Å². The molecule has 2 aromatic carbocycles. The average Bonchev–Trinajstić information content (AvgIpc) is 3.30. The molecule has 1 aliphatic rings. The van der Waals surface area contributed by atoms with Gasteiger partial charge >= 0.3 is 0 Å². The van der Waals surface area contributed by atoms with Crippen molar-refractivity contribution in [2.45, 2.75) is 16.1 Å². The van der Waals surface area contributed by atoms with Gasteiger partial charge in [-0.1, -0.05) is 65.6 Å². The summed E-state index contributed by atoms with van der Waals surface area (Å²) in [6, 6.07) is 17.7. The van der Waals surface area contributed by atoms with Crippen molar-refractivity contribution in [1.29, 1.82) is 0 Å². The second-order valence-electron chi connectivity index (χ2n) is 6.92. The molecule has 1 aromatic heterocycles. The smallest absolute Gasteiger partial charge is 0.240 e. The fraction of sp³-hybridized carbons (Fsp3) is 0.318.